The molecule has 1 aliphatic heterocycles. The summed E-state index contributed by atoms with van der Waals surface area (Å²) in [6, 6.07) is 5.65. The number of carbonyl (C=O) groups excluding carboxylic acids is 1. The number of hydrogen-bond acceptors (Lipinski definition) is 3. The van der Waals surface area contributed by atoms with Crippen LogP contribution in [-0.2, 0) is 11.2 Å². The highest BCUT2D eigenvalue weighted by atomic mass is 16.5. The Balaban J connectivity index is 1.98. The second-order valence-corrected chi connectivity index (χ2v) is 4.39. The van der Waals surface area contributed by atoms with Gasteiger partial charge < -0.3 is 15.2 Å². The fourth-order valence-electron chi connectivity index (χ4n) is 1.82. The third kappa shape index (κ3) is 3.11. The topological polar surface area (TPSA) is 58.6 Å². The molecule has 0 unspecified atom stereocenters. The molecule has 4 nitrogen and oxygen atoms in total. The molecule has 0 radical (unpaired) electrons. The molecule has 18 heavy (non-hydrogen) atoms. The Morgan fingerprint density at radius 3 is 3.22 bits per heavy atom. The molecule has 0 aliphatic carbocycles. The van der Waals surface area contributed by atoms with E-state index in [0.29, 0.717) is 0 Å². The summed E-state index contributed by atoms with van der Waals surface area (Å²) in [6.07, 6.45) is 4.16. The van der Waals surface area contributed by atoms with Crippen LogP contribution in [0.3, 0.4) is 0 Å². The van der Waals surface area contributed by atoms with Gasteiger partial charge in [-0.2, -0.15) is 0 Å². The van der Waals surface area contributed by atoms with Gasteiger partial charge in [0.25, 0.3) is 0 Å². The zero-order valence-electron chi connectivity index (χ0n) is 10.3. The summed E-state index contributed by atoms with van der Waals surface area (Å²) in [6.45, 7) is 2.42. The first-order chi connectivity index (χ1) is 8.69. The molecule has 0 saturated heterocycles. The van der Waals surface area contributed by atoms with Crippen molar-refractivity contribution in [1.82, 2.24) is 5.32 Å². The molecule has 0 spiro atoms. The summed E-state index contributed by atoms with van der Waals surface area (Å²) in [4.78, 5) is 11.5. The average molecular weight is 247 g/mol. The highest BCUT2D eigenvalue weighted by molar-refractivity contribution is 5.91. The molecule has 1 aliphatic rings. The first-order valence-electron chi connectivity index (χ1n) is 6.04. The Labute approximate surface area is 106 Å². The molecule has 2 rings (SSSR count). The van der Waals surface area contributed by atoms with Crippen molar-refractivity contribution in [1.29, 1.82) is 0 Å². The monoisotopic (exact) mass is 247 g/mol. The van der Waals surface area contributed by atoms with E-state index in [1.54, 1.807) is 13.0 Å². The second-order valence-electron chi connectivity index (χ2n) is 4.39. The molecule has 1 aromatic carbocycles. The van der Waals surface area contributed by atoms with Crippen molar-refractivity contribution in [2.75, 3.05) is 13.2 Å². The largest absolute Gasteiger partial charge is 0.493 e. The Morgan fingerprint density at radius 2 is 2.44 bits per heavy atom. The molecular weight excluding hydrogens is 230 g/mol. The Hall–Kier alpha value is -1.81. The number of benzene rings is 1. The lowest BCUT2D eigenvalue weighted by molar-refractivity contribution is -0.117. The van der Waals surface area contributed by atoms with Crippen molar-refractivity contribution in [2.24, 2.45) is 0 Å². The van der Waals surface area contributed by atoms with E-state index in [9.17, 15) is 4.79 Å². The summed E-state index contributed by atoms with van der Waals surface area (Å²) < 4.78 is 5.42. The van der Waals surface area contributed by atoms with Crippen molar-refractivity contribution in [3.05, 3.63) is 35.4 Å². The minimum absolute atomic E-state index is 0.0598. The van der Waals surface area contributed by atoms with Crippen molar-refractivity contribution in [3.8, 4) is 5.75 Å². The fourth-order valence-corrected chi connectivity index (χ4v) is 1.82. The standard InChI is InChI=1S/C14H17NO3/c1-10(9-16)15-14(17)5-3-11-2-4-13-12(8-11)6-7-18-13/h2-5,8,10,16H,6-7,9H2,1H3,(H,15,17)/b5-3+/t10-/m0/s1. The maximum atomic E-state index is 11.5. The molecule has 4 heteroatoms. The molecule has 2 N–H and O–H groups in total. The number of hydrogen-bond donors (Lipinski definition) is 2. The van der Waals surface area contributed by atoms with Crippen LogP contribution in [0.1, 0.15) is 18.1 Å². The molecule has 0 bridgehead atoms. The van der Waals surface area contributed by atoms with Gasteiger partial charge in [0.2, 0.25) is 5.91 Å². The Morgan fingerprint density at radius 1 is 1.61 bits per heavy atom. The predicted octanol–water partition coefficient (Wildman–Crippen LogP) is 1.13. The normalized spacial score (nSPS) is 15.2. The Kier molecular flexibility index (Phi) is 3.99. The van der Waals surface area contributed by atoms with Gasteiger partial charge in [-0.1, -0.05) is 6.07 Å². The van der Waals surface area contributed by atoms with E-state index in [1.807, 2.05) is 18.2 Å². The van der Waals surface area contributed by atoms with Gasteiger partial charge in [-0.05, 0) is 36.3 Å². The van der Waals surface area contributed by atoms with E-state index in [4.69, 9.17) is 9.84 Å². The lowest BCUT2D eigenvalue weighted by atomic mass is 10.1. The van der Waals surface area contributed by atoms with E-state index in [1.165, 1.54) is 11.6 Å². The third-order valence-electron chi connectivity index (χ3n) is 2.80. The number of rotatable bonds is 4. The first-order valence-corrected chi connectivity index (χ1v) is 6.04. The van der Waals surface area contributed by atoms with E-state index < -0.39 is 0 Å². The highest BCUT2D eigenvalue weighted by Gasteiger charge is 2.11. The lowest BCUT2D eigenvalue weighted by Crippen LogP contribution is -2.33. The van der Waals surface area contributed by atoms with Gasteiger partial charge in [-0.15, -0.1) is 0 Å². The summed E-state index contributed by atoms with van der Waals surface area (Å²) >= 11 is 0. The first kappa shape index (κ1) is 12.6. The summed E-state index contributed by atoms with van der Waals surface area (Å²) in [5.41, 5.74) is 2.16. The summed E-state index contributed by atoms with van der Waals surface area (Å²) in [7, 11) is 0. The van der Waals surface area contributed by atoms with Gasteiger partial charge in [-0.3, -0.25) is 4.79 Å². The quantitative estimate of drug-likeness (QED) is 0.784. The van der Waals surface area contributed by atoms with Crippen LogP contribution in [0.2, 0.25) is 0 Å². The molecule has 1 aromatic rings. The van der Waals surface area contributed by atoms with Crippen molar-refractivity contribution < 1.29 is 14.6 Å². The molecule has 1 amide bonds. The SMILES string of the molecule is C[C@@H](CO)NC(=O)/C=C/c1ccc2c(c1)CCO2. The summed E-state index contributed by atoms with van der Waals surface area (Å²) in [5.74, 6) is 0.735. The number of amides is 1. The van der Waals surface area contributed by atoms with Crippen LogP contribution in [-0.4, -0.2) is 30.3 Å². The van der Waals surface area contributed by atoms with Crippen molar-refractivity contribution in [3.63, 3.8) is 0 Å². The Bertz CT molecular complexity index is 468. The van der Waals surface area contributed by atoms with Crippen LogP contribution in [0.4, 0.5) is 0 Å². The third-order valence-corrected chi connectivity index (χ3v) is 2.80. The molecule has 0 aromatic heterocycles. The molecule has 0 saturated carbocycles. The van der Waals surface area contributed by atoms with Crippen LogP contribution in [0.15, 0.2) is 24.3 Å². The number of ether oxygens (including phenoxy) is 1. The van der Waals surface area contributed by atoms with Gasteiger partial charge in [0, 0.05) is 18.5 Å². The smallest absolute Gasteiger partial charge is 0.244 e. The second kappa shape index (κ2) is 5.69. The predicted molar refractivity (Wildman–Crippen MR) is 69.4 cm³/mol. The van der Waals surface area contributed by atoms with Gasteiger partial charge in [0.05, 0.1) is 13.2 Å². The van der Waals surface area contributed by atoms with Crippen LogP contribution >= 0.6 is 0 Å². The van der Waals surface area contributed by atoms with E-state index >= 15 is 0 Å². The number of fused-ring (bicyclic) bond motifs is 1. The lowest BCUT2D eigenvalue weighted by Gasteiger charge is -2.07. The number of carbonyl (C=O) groups is 1. The summed E-state index contributed by atoms with van der Waals surface area (Å²) in [5, 5.41) is 11.5. The van der Waals surface area contributed by atoms with Crippen LogP contribution < -0.4 is 10.1 Å². The number of nitrogens with one attached hydrogen (secondary N) is 1. The van der Waals surface area contributed by atoms with Crippen molar-refractivity contribution in [2.45, 2.75) is 19.4 Å². The zero-order valence-corrected chi connectivity index (χ0v) is 10.3. The van der Waals surface area contributed by atoms with Crippen LogP contribution in [0, 0.1) is 0 Å². The molecule has 0 fully saturated rings. The van der Waals surface area contributed by atoms with Gasteiger partial charge >= 0.3 is 0 Å². The van der Waals surface area contributed by atoms with E-state index in [2.05, 4.69) is 5.32 Å². The van der Waals surface area contributed by atoms with E-state index in [-0.39, 0.29) is 18.6 Å². The number of aliphatic hydroxyl groups excluding tert-OH is 1. The highest BCUT2D eigenvalue weighted by Crippen LogP contribution is 2.26. The molecule has 1 atom stereocenters. The van der Waals surface area contributed by atoms with Gasteiger partial charge in [0.15, 0.2) is 0 Å². The van der Waals surface area contributed by atoms with Crippen molar-refractivity contribution >= 4 is 12.0 Å². The number of aliphatic hydroxyl groups is 1. The maximum absolute atomic E-state index is 11.5. The minimum atomic E-state index is -0.226. The van der Waals surface area contributed by atoms with Crippen LogP contribution in [0.25, 0.3) is 6.08 Å². The molecule has 1 heterocycles. The molecule has 96 valence electrons. The fraction of sp³-hybridized carbons (Fsp3) is 0.357. The minimum Gasteiger partial charge on any atom is -0.493 e. The molecular formula is C14H17NO3. The van der Waals surface area contributed by atoms with E-state index in [0.717, 1.165) is 24.3 Å². The van der Waals surface area contributed by atoms with Gasteiger partial charge in [0.1, 0.15) is 5.75 Å². The maximum Gasteiger partial charge on any atom is 0.244 e. The van der Waals surface area contributed by atoms with Crippen LogP contribution in [0.5, 0.6) is 5.75 Å². The average Bonchev–Trinajstić information content (AvgIpc) is 2.83. The zero-order chi connectivity index (χ0) is 13.0. The van der Waals surface area contributed by atoms with Gasteiger partial charge in [-0.25, -0.2) is 0 Å².